The highest BCUT2D eigenvalue weighted by molar-refractivity contribution is 5.79. The summed E-state index contributed by atoms with van der Waals surface area (Å²) in [5, 5.41) is 8.81. The molecule has 0 atom stereocenters. The molecule has 1 aromatic carbocycles. The summed E-state index contributed by atoms with van der Waals surface area (Å²) in [5.74, 6) is 1.87. The van der Waals surface area contributed by atoms with Crippen LogP contribution < -0.4 is 9.64 Å². The number of piperidine rings is 1. The molecule has 0 unspecified atom stereocenters. The van der Waals surface area contributed by atoms with Gasteiger partial charge in [-0.2, -0.15) is 0 Å². The maximum atomic E-state index is 12.8. The summed E-state index contributed by atoms with van der Waals surface area (Å²) in [4.78, 5) is 29.5. The third-order valence-electron chi connectivity index (χ3n) is 5.98. The molecule has 2 aliphatic rings. The fourth-order valence-corrected chi connectivity index (χ4v) is 4.16. The Morgan fingerprint density at radius 3 is 2.37 bits per heavy atom. The van der Waals surface area contributed by atoms with E-state index in [9.17, 15) is 9.59 Å². The van der Waals surface area contributed by atoms with Crippen molar-refractivity contribution in [1.29, 1.82) is 0 Å². The molecule has 4 rings (SSSR count). The zero-order valence-corrected chi connectivity index (χ0v) is 17.2. The summed E-state index contributed by atoms with van der Waals surface area (Å²) < 4.78 is 5.41. The zero-order valence-electron chi connectivity index (χ0n) is 17.2. The molecular weight excluding hydrogens is 382 g/mol. The highest BCUT2D eigenvalue weighted by Gasteiger charge is 2.30. The van der Waals surface area contributed by atoms with E-state index in [1.54, 1.807) is 12.0 Å². The average molecular weight is 409 g/mol. The van der Waals surface area contributed by atoms with Gasteiger partial charge in [0.15, 0.2) is 5.82 Å². The monoisotopic (exact) mass is 409 g/mol. The molecule has 3 heterocycles. The Balaban J connectivity index is 1.34. The van der Waals surface area contributed by atoms with Crippen LogP contribution in [0.2, 0.25) is 0 Å². The molecule has 8 heteroatoms. The maximum Gasteiger partial charge on any atom is 0.225 e. The van der Waals surface area contributed by atoms with Gasteiger partial charge in [0.1, 0.15) is 5.75 Å². The van der Waals surface area contributed by atoms with Gasteiger partial charge in [0.25, 0.3) is 0 Å². The number of hydrogen-bond donors (Lipinski definition) is 0. The first-order valence-electron chi connectivity index (χ1n) is 10.4. The second kappa shape index (κ2) is 9.11. The Hall–Kier alpha value is -3.16. The first-order chi connectivity index (χ1) is 14.7. The second-order valence-electron chi connectivity index (χ2n) is 7.71. The quantitative estimate of drug-likeness (QED) is 0.699. The number of para-hydroxylation sites is 1. The highest BCUT2D eigenvalue weighted by Crippen LogP contribution is 2.29. The van der Waals surface area contributed by atoms with Crippen LogP contribution in [0.3, 0.4) is 0 Å². The number of piperazine rings is 1. The van der Waals surface area contributed by atoms with E-state index in [-0.39, 0.29) is 11.8 Å². The number of methoxy groups -OCH3 is 1. The molecule has 2 fully saturated rings. The minimum Gasteiger partial charge on any atom is -0.496 e. The van der Waals surface area contributed by atoms with E-state index in [0.717, 1.165) is 55.2 Å². The Morgan fingerprint density at radius 2 is 1.73 bits per heavy atom. The summed E-state index contributed by atoms with van der Waals surface area (Å²) in [7, 11) is 1.65. The first-order valence-corrected chi connectivity index (χ1v) is 10.4. The van der Waals surface area contributed by atoms with Crippen LogP contribution in [0.25, 0.3) is 11.3 Å². The van der Waals surface area contributed by atoms with Crippen LogP contribution in [0, 0.1) is 5.92 Å². The lowest BCUT2D eigenvalue weighted by atomic mass is 9.95. The van der Waals surface area contributed by atoms with Crippen LogP contribution in [-0.2, 0) is 9.59 Å². The van der Waals surface area contributed by atoms with Gasteiger partial charge in [0.05, 0.1) is 12.8 Å². The minimum absolute atomic E-state index is 0.0462. The lowest BCUT2D eigenvalue weighted by molar-refractivity contribution is -0.139. The third-order valence-corrected chi connectivity index (χ3v) is 5.98. The number of rotatable bonds is 5. The summed E-state index contributed by atoms with van der Waals surface area (Å²) in [6.07, 6.45) is 2.48. The Labute approximate surface area is 176 Å². The predicted molar refractivity (Wildman–Crippen MR) is 113 cm³/mol. The summed E-state index contributed by atoms with van der Waals surface area (Å²) in [5.41, 5.74) is 1.69. The second-order valence-corrected chi connectivity index (χ2v) is 7.71. The minimum atomic E-state index is 0.0462. The van der Waals surface area contributed by atoms with Gasteiger partial charge in [-0.15, -0.1) is 10.2 Å². The average Bonchev–Trinajstić information content (AvgIpc) is 2.84. The van der Waals surface area contributed by atoms with Crippen LogP contribution in [-0.4, -0.2) is 78.7 Å². The van der Waals surface area contributed by atoms with Crippen molar-refractivity contribution in [2.24, 2.45) is 5.92 Å². The number of carbonyl (C=O) groups excluding carboxylic acids is 2. The van der Waals surface area contributed by atoms with Crippen molar-refractivity contribution >= 4 is 18.1 Å². The number of nitrogens with zero attached hydrogens (tertiary/aromatic N) is 5. The number of aromatic nitrogens is 2. The van der Waals surface area contributed by atoms with E-state index < -0.39 is 0 Å². The lowest BCUT2D eigenvalue weighted by Crippen LogP contribution is -2.51. The first kappa shape index (κ1) is 20.1. The van der Waals surface area contributed by atoms with Crippen LogP contribution in [0.1, 0.15) is 12.8 Å². The van der Waals surface area contributed by atoms with Gasteiger partial charge < -0.3 is 19.4 Å². The molecule has 0 N–H and O–H groups in total. The summed E-state index contributed by atoms with van der Waals surface area (Å²) in [6.45, 7) is 4.09. The molecule has 0 spiro atoms. The Kier molecular flexibility index (Phi) is 6.11. The van der Waals surface area contributed by atoms with Crippen LogP contribution in [0.5, 0.6) is 5.75 Å². The number of carbonyl (C=O) groups is 2. The van der Waals surface area contributed by atoms with E-state index in [0.29, 0.717) is 26.2 Å². The third kappa shape index (κ3) is 4.22. The van der Waals surface area contributed by atoms with Crippen molar-refractivity contribution in [3.8, 4) is 17.0 Å². The fourth-order valence-electron chi connectivity index (χ4n) is 4.16. The molecule has 30 heavy (non-hydrogen) atoms. The van der Waals surface area contributed by atoms with Crippen molar-refractivity contribution in [1.82, 2.24) is 20.0 Å². The van der Waals surface area contributed by atoms with Gasteiger partial charge >= 0.3 is 0 Å². The molecular formula is C22H27N5O3. The molecule has 2 aromatic rings. The van der Waals surface area contributed by atoms with E-state index >= 15 is 0 Å². The van der Waals surface area contributed by atoms with Gasteiger partial charge in [-0.3, -0.25) is 9.59 Å². The number of hydrogen-bond acceptors (Lipinski definition) is 6. The Morgan fingerprint density at radius 1 is 1.00 bits per heavy atom. The number of anilines is 1. The molecule has 1 aromatic heterocycles. The molecule has 0 saturated carbocycles. The van der Waals surface area contributed by atoms with Crippen LogP contribution in [0.4, 0.5) is 5.82 Å². The molecule has 0 radical (unpaired) electrons. The van der Waals surface area contributed by atoms with Crippen molar-refractivity contribution in [2.45, 2.75) is 12.8 Å². The van der Waals surface area contributed by atoms with Crippen LogP contribution >= 0.6 is 0 Å². The molecule has 0 aliphatic carbocycles. The van der Waals surface area contributed by atoms with E-state index in [2.05, 4.69) is 15.1 Å². The van der Waals surface area contributed by atoms with Crippen LogP contribution in [0.15, 0.2) is 36.4 Å². The van der Waals surface area contributed by atoms with Crippen molar-refractivity contribution < 1.29 is 14.3 Å². The van der Waals surface area contributed by atoms with E-state index in [1.807, 2.05) is 41.3 Å². The topological polar surface area (TPSA) is 78.9 Å². The Bertz CT molecular complexity index is 873. The SMILES string of the molecule is COc1ccccc1-c1ccc(N2CCC(C(=O)N3CCN(C=O)CC3)CC2)nn1. The maximum absolute atomic E-state index is 12.8. The zero-order chi connectivity index (χ0) is 20.9. The fraction of sp³-hybridized carbons (Fsp3) is 0.455. The summed E-state index contributed by atoms with van der Waals surface area (Å²) in [6, 6.07) is 11.7. The largest absolute Gasteiger partial charge is 0.496 e. The molecule has 2 saturated heterocycles. The molecule has 2 amide bonds. The summed E-state index contributed by atoms with van der Waals surface area (Å²) >= 11 is 0. The predicted octanol–water partition coefficient (Wildman–Crippen LogP) is 1.67. The van der Waals surface area contributed by atoms with Crippen molar-refractivity contribution in [3.05, 3.63) is 36.4 Å². The molecule has 2 aliphatic heterocycles. The molecule has 8 nitrogen and oxygen atoms in total. The number of amides is 2. The smallest absolute Gasteiger partial charge is 0.225 e. The van der Waals surface area contributed by atoms with Gasteiger partial charge in [0, 0.05) is 50.7 Å². The number of benzene rings is 1. The highest BCUT2D eigenvalue weighted by atomic mass is 16.5. The standard InChI is InChI=1S/C22H27N5O3/c1-30-20-5-3-2-4-18(20)19-6-7-21(24-23-19)26-10-8-17(9-11-26)22(29)27-14-12-25(16-28)13-15-27/h2-7,16-17H,8-15H2,1H3. The van der Waals surface area contributed by atoms with E-state index in [1.165, 1.54) is 0 Å². The molecule has 0 bridgehead atoms. The van der Waals surface area contributed by atoms with E-state index in [4.69, 9.17) is 4.74 Å². The lowest BCUT2D eigenvalue weighted by Gasteiger charge is -2.37. The van der Waals surface area contributed by atoms with Crippen molar-refractivity contribution in [2.75, 3.05) is 51.3 Å². The van der Waals surface area contributed by atoms with Gasteiger partial charge in [-0.1, -0.05) is 12.1 Å². The van der Waals surface area contributed by atoms with Gasteiger partial charge in [-0.05, 0) is 37.1 Å². The van der Waals surface area contributed by atoms with Crippen molar-refractivity contribution in [3.63, 3.8) is 0 Å². The number of ether oxygens (including phenoxy) is 1. The normalized spacial score (nSPS) is 17.7. The van der Waals surface area contributed by atoms with Gasteiger partial charge in [0.2, 0.25) is 12.3 Å². The van der Waals surface area contributed by atoms with Gasteiger partial charge in [-0.25, -0.2) is 0 Å². The molecule has 158 valence electrons.